The fraction of sp³-hybridized carbons (Fsp3) is 0.265. The Balaban J connectivity index is 1.28. The van der Waals surface area contributed by atoms with Crippen LogP contribution in [0, 0.1) is 24.5 Å². The number of sulfonamides is 1. The van der Waals surface area contributed by atoms with Crippen molar-refractivity contribution in [2.45, 2.75) is 43.5 Å². The maximum absolute atomic E-state index is 15.1. The van der Waals surface area contributed by atoms with Crippen LogP contribution >= 0.6 is 0 Å². The number of amides is 1. The molecule has 1 heterocycles. The maximum Gasteiger partial charge on any atom is 0.330 e. The van der Waals surface area contributed by atoms with Gasteiger partial charge in [0.15, 0.2) is 5.78 Å². The topological polar surface area (TPSA) is 174 Å². The lowest BCUT2D eigenvalue weighted by atomic mass is 10.00. The molecule has 1 fully saturated rings. The number of carbonyl (C=O) groups excluding carboxylic acids is 2. The number of Topliss-reactive ketones (excluding diaryl/α,β-unsaturated/α-hetero) is 1. The van der Waals surface area contributed by atoms with Gasteiger partial charge in [0, 0.05) is 38.2 Å². The van der Waals surface area contributed by atoms with E-state index >= 15 is 8.78 Å². The second kappa shape index (κ2) is 13.6. The molecular formula is C34H32F2N4O8S. The molecule has 1 aliphatic rings. The molecule has 49 heavy (non-hydrogen) atoms. The number of hydrogen-bond donors (Lipinski definition) is 3. The van der Waals surface area contributed by atoms with E-state index in [9.17, 15) is 37.5 Å². The molecule has 3 N–H and O–H groups in total. The van der Waals surface area contributed by atoms with Crippen molar-refractivity contribution in [3.63, 3.8) is 0 Å². The van der Waals surface area contributed by atoms with Crippen LogP contribution in [0.25, 0.3) is 11.1 Å². The lowest BCUT2D eigenvalue weighted by Crippen LogP contribution is -2.43. The number of nitrogens with one attached hydrogen (secondary N) is 2. The van der Waals surface area contributed by atoms with Crippen molar-refractivity contribution in [1.82, 2.24) is 14.5 Å². The van der Waals surface area contributed by atoms with Gasteiger partial charge in [-0.05, 0) is 61.1 Å². The van der Waals surface area contributed by atoms with E-state index < -0.39 is 62.1 Å². The summed E-state index contributed by atoms with van der Waals surface area (Å²) < 4.78 is 60.2. The van der Waals surface area contributed by atoms with Gasteiger partial charge in [0.1, 0.15) is 23.2 Å². The largest absolute Gasteiger partial charge is 0.480 e. The quantitative estimate of drug-likeness (QED) is 0.189. The van der Waals surface area contributed by atoms with Crippen LogP contribution in [-0.4, -0.2) is 46.4 Å². The molecule has 3 aromatic carbocycles. The Labute approximate surface area is 279 Å². The number of hydrogen-bond acceptors (Lipinski definition) is 7. The van der Waals surface area contributed by atoms with Crippen LogP contribution in [-0.2, 0) is 35.3 Å². The average Bonchev–Trinajstić information content (AvgIpc) is 3.87. The van der Waals surface area contributed by atoms with Gasteiger partial charge in [-0.1, -0.05) is 36.4 Å². The summed E-state index contributed by atoms with van der Waals surface area (Å²) in [6.45, 7) is 1.61. The van der Waals surface area contributed by atoms with E-state index in [4.69, 9.17) is 0 Å². The normalized spacial score (nSPS) is 13.5. The van der Waals surface area contributed by atoms with E-state index in [1.807, 2.05) is 4.72 Å². The van der Waals surface area contributed by atoms with Gasteiger partial charge in [0.05, 0.1) is 16.1 Å². The van der Waals surface area contributed by atoms with Gasteiger partial charge < -0.3 is 15.0 Å². The van der Waals surface area contributed by atoms with E-state index in [2.05, 4.69) is 5.32 Å². The summed E-state index contributed by atoms with van der Waals surface area (Å²) in [6.07, 6.45) is 2.05. The van der Waals surface area contributed by atoms with Gasteiger partial charge in [0.25, 0.3) is 21.5 Å². The Hall–Kier alpha value is -5.44. The number of rotatable bonds is 12. The number of nitrogens with zero attached hydrogens (tertiary/aromatic N) is 2. The third-order valence-electron chi connectivity index (χ3n) is 8.42. The molecule has 1 saturated carbocycles. The summed E-state index contributed by atoms with van der Waals surface area (Å²) in [6, 6.07) is 10.8. The smallest absolute Gasteiger partial charge is 0.330 e. The molecular weight excluding hydrogens is 662 g/mol. The van der Waals surface area contributed by atoms with Gasteiger partial charge in [-0.3, -0.25) is 23.7 Å². The highest BCUT2D eigenvalue weighted by Gasteiger charge is 2.28. The SMILES string of the molecule is Cc1c(-c2ccc(C[C@H](NC(=O)c3c(F)cc(NS(=O)(=O)c4ccc(C(=O)CC5CC5)cc4)cc3F)C(=O)O)cc2)c(=O)n(C)c(=O)n1C. The zero-order chi connectivity index (χ0) is 35.8. The van der Waals surface area contributed by atoms with Gasteiger partial charge in [-0.2, -0.15) is 0 Å². The number of aromatic nitrogens is 2. The number of carboxylic acids is 1. The summed E-state index contributed by atoms with van der Waals surface area (Å²) in [5.41, 5.74) is -0.759. The Morgan fingerprint density at radius 3 is 2.08 bits per heavy atom. The highest BCUT2D eigenvalue weighted by atomic mass is 32.2. The van der Waals surface area contributed by atoms with Gasteiger partial charge in [-0.25, -0.2) is 26.8 Å². The van der Waals surface area contributed by atoms with Crippen molar-refractivity contribution in [3.8, 4) is 11.1 Å². The van der Waals surface area contributed by atoms with Crippen LogP contribution in [0.5, 0.6) is 0 Å². The second-order valence-corrected chi connectivity index (χ2v) is 13.6. The Morgan fingerprint density at radius 1 is 0.939 bits per heavy atom. The molecule has 1 aromatic heterocycles. The predicted molar refractivity (Wildman–Crippen MR) is 175 cm³/mol. The van der Waals surface area contributed by atoms with Crippen molar-refractivity contribution < 1.29 is 36.7 Å². The van der Waals surface area contributed by atoms with E-state index in [-0.39, 0.29) is 22.7 Å². The molecule has 15 heteroatoms. The molecule has 1 aliphatic carbocycles. The van der Waals surface area contributed by atoms with Crippen LogP contribution < -0.4 is 21.3 Å². The summed E-state index contributed by atoms with van der Waals surface area (Å²) in [4.78, 5) is 61.9. The van der Waals surface area contributed by atoms with Crippen LogP contribution in [0.15, 0.2) is 75.1 Å². The highest BCUT2D eigenvalue weighted by molar-refractivity contribution is 7.92. The van der Waals surface area contributed by atoms with Crippen LogP contribution in [0.2, 0.25) is 0 Å². The van der Waals surface area contributed by atoms with Crippen molar-refractivity contribution in [3.05, 3.63) is 116 Å². The number of benzene rings is 3. The molecule has 0 unspecified atom stereocenters. The van der Waals surface area contributed by atoms with Crippen LogP contribution in [0.4, 0.5) is 14.5 Å². The minimum Gasteiger partial charge on any atom is -0.480 e. The number of ketones is 1. The van der Waals surface area contributed by atoms with Gasteiger partial charge in [0.2, 0.25) is 0 Å². The van der Waals surface area contributed by atoms with Crippen LogP contribution in [0.1, 0.15) is 51.2 Å². The van der Waals surface area contributed by atoms with Gasteiger partial charge in [-0.15, -0.1) is 0 Å². The summed E-state index contributed by atoms with van der Waals surface area (Å²) in [5.74, 6) is -5.53. The van der Waals surface area contributed by atoms with Crippen molar-refractivity contribution in [1.29, 1.82) is 0 Å². The van der Waals surface area contributed by atoms with Crippen LogP contribution in [0.3, 0.4) is 0 Å². The molecule has 5 rings (SSSR count). The highest BCUT2D eigenvalue weighted by Crippen LogP contribution is 2.33. The lowest BCUT2D eigenvalue weighted by molar-refractivity contribution is -0.139. The standard InChI is InChI=1S/C34H32F2N4O8S/c1-18-29(32(43)40(3)34(46)39(18)2)22-8-6-19(7-9-22)14-27(33(44)45)37-31(42)30-25(35)16-23(17-26(30)36)38-49(47,48)24-12-10-21(11-13-24)28(41)15-20-4-5-20/h6-13,16-17,20,27,38H,4-5,14-15H2,1-3H3,(H,37,42)(H,44,45)/t27-/m0/s1. The van der Waals surface area contributed by atoms with Crippen molar-refractivity contribution in [2.24, 2.45) is 20.0 Å². The molecule has 1 amide bonds. The predicted octanol–water partition coefficient (Wildman–Crippen LogP) is 3.55. The number of carbonyl (C=O) groups is 3. The minimum absolute atomic E-state index is 0.109. The molecule has 12 nitrogen and oxygen atoms in total. The number of aliphatic carboxylic acids is 1. The maximum atomic E-state index is 15.1. The number of halogens is 2. The molecule has 0 aliphatic heterocycles. The molecule has 4 aromatic rings. The first kappa shape index (κ1) is 34.9. The third-order valence-corrected chi connectivity index (χ3v) is 9.82. The first-order valence-electron chi connectivity index (χ1n) is 15.1. The van der Waals surface area contributed by atoms with Gasteiger partial charge >= 0.3 is 11.7 Å². The van der Waals surface area contributed by atoms with E-state index in [0.29, 0.717) is 46.9 Å². The Morgan fingerprint density at radius 2 is 1.53 bits per heavy atom. The zero-order valence-corrected chi connectivity index (χ0v) is 27.4. The fourth-order valence-electron chi connectivity index (χ4n) is 5.34. The molecule has 0 spiro atoms. The summed E-state index contributed by atoms with van der Waals surface area (Å²) >= 11 is 0. The summed E-state index contributed by atoms with van der Waals surface area (Å²) in [5, 5.41) is 11.9. The number of carboxylic acid groups (broad SMARTS) is 1. The fourth-order valence-corrected chi connectivity index (χ4v) is 6.38. The minimum atomic E-state index is -4.34. The molecule has 1 atom stereocenters. The third kappa shape index (κ3) is 7.51. The van der Waals surface area contributed by atoms with E-state index in [1.165, 1.54) is 55.1 Å². The second-order valence-electron chi connectivity index (χ2n) is 11.9. The average molecular weight is 695 g/mol. The first-order chi connectivity index (χ1) is 23.1. The molecule has 0 radical (unpaired) electrons. The molecule has 256 valence electrons. The Kier molecular flexibility index (Phi) is 9.67. The first-order valence-corrected chi connectivity index (χ1v) is 16.6. The van der Waals surface area contributed by atoms with E-state index in [0.717, 1.165) is 17.4 Å². The molecule has 0 saturated heterocycles. The Bertz CT molecular complexity index is 2190. The van der Waals surface area contributed by atoms with Crippen molar-refractivity contribution >= 4 is 33.4 Å². The zero-order valence-electron chi connectivity index (χ0n) is 26.6. The van der Waals surface area contributed by atoms with E-state index in [1.54, 1.807) is 19.1 Å². The monoisotopic (exact) mass is 694 g/mol. The summed E-state index contributed by atoms with van der Waals surface area (Å²) in [7, 11) is -1.47. The number of anilines is 1. The lowest BCUT2D eigenvalue weighted by Gasteiger charge is -2.17. The molecule has 0 bridgehead atoms. The van der Waals surface area contributed by atoms with Crippen molar-refractivity contribution in [2.75, 3.05) is 4.72 Å².